The fourth-order valence-corrected chi connectivity index (χ4v) is 2.68. The Bertz CT molecular complexity index is 538. The van der Waals surface area contributed by atoms with Gasteiger partial charge in [-0.1, -0.05) is 12.1 Å². The summed E-state index contributed by atoms with van der Waals surface area (Å²) in [5.74, 6) is -1.21. The van der Waals surface area contributed by atoms with Gasteiger partial charge in [0.2, 0.25) is 5.91 Å². The SMILES string of the molecule is CN(C(=O)C1(CN)CCOCC1)c1ccccc1C(=O)O. The maximum Gasteiger partial charge on any atom is 0.337 e. The summed E-state index contributed by atoms with van der Waals surface area (Å²) in [4.78, 5) is 25.5. The van der Waals surface area contributed by atoms with Gasteiger partial charge in [-0.05, 0) is 25.0 Å². The number of carboxylic acids is 1. The Hall–Kier alpha value is -1.92. The predicted molar refractivity (Wildman–Crippen MR) is 78.4 cm³/mol. The second kappa shape index (κ2) is 6.24. The summed E-state index contributed by atoms with van der Waals surface area (Å²) in [7, 11) is 1.59. The predicted octanol–water partition coefficient (Wildman–Crippen LogP) is 1.10. The maximum absolute atomic E-state index is 12.8. The number of anilines is 1. The summed E-state index contributed by atoms with van der Waals surface area (Å²) in [6.07, 6.45) is 1.11. The molecule has 6 heteroatoms. The van der Waals surface area contributed by atoms with Crippen molar-refractivity contribution in [2.75, 3.05) is 31.7 Å². The zero-order valence-electron chi connectivity index (χ0n) is 12.0. The average molecular weight is 292 g/mol. The molecule has 0 radical (unpaired) electrons. The monoisotopic (exact) mass is 292 g/mol. The van der Waals surface area contributed by atoms with Crippen LogP contribution in [-0.2, 0) is 9.53 Å². The molecule has 1 aliphatic heterocycles. The lowest BCUT2D eigenvalue weighted by molar-refractivity contribution is -0.132. The minimum absolute atomic E-state index is 0.104. The second-order valence-corrected chi connectivity index (χ2v) is 5.28. The molecular formula is C15H20N2O4. The first-order valence-corrected chi connectivity index (χ1v) is 6.90. The summed E-state index contributed by atoms with van der Waals surface area (Å²) in [6.45, 7) is 1.23. The van der Waals surface area contributed by atoms with Crippen LogP contribution in [0.1, 0.15) is 23.2 Å². The quantitative estimate of drug-likeness (QED) is 0.867. The van der Waals surface area contributed by atoms with Crippen LogP contribution >= 0.6 is 0 Å². The van der Waals surface area contributed by atoms with Crippen molar-refractivity contribution < 1.29 is 19.4 Å². The van der Waals surface area contributed by atoms with Gasteiger partial charge >= 0.3 is 5.97 Å². The molecule has 0 unspecified atom stereocenters. The van der Waals surface area contributed by atoms with Gasteiger partial charge in [0.25, 0.3) is 0 Å². The lowest BCUT2D eigenvalue weighted by Gasteiger charge is -2.37. The van der Waals surface area contributed by atoms with E-state index in [1.165, 1.54) is 11.0 Å². The Morgan fingerprint density at radius 1 is 1.33 bits per heavy atom. The Morgan fingerprint density at radius 3 is 2.52 bits per heavy atom. The van der Waals surface area contributed by atoms with Gasteiger partial charge in [0.1, 0.15) is 0 Å². The molecule has 1 aromatic carbocycles. The van der Waals surface area contributed by atoms with E-state index in [1.807, 2.05) is 0 Å². The minimum atomic E-state index is -1.06. The topological polar surface area (TPSA) is 92.9 Å². The maximum atomic E-state index is 12.8. The molecule has 1 heterocycles. The Kier molecular flexibility index (Phi) is 4.59. The standard InChI is InChI=1S/C15H20N2O4/c1-17(12-5-3-2-4-11(12)13(18)19)14(20)15(10-16)6-8-21-9-7-15/h2-5H,6-10,16H2,1H3,(H,18,19). The Morgan fingerprint density at radius 2 is 1.95 bits per heavy atom. The molecule has 114 valence electrons. The number of carbonyl (C=O) groups is 2. The van der Waals surface area contributed by atoms with Crippen LogP contribution < -0.4 is 10.6 Å². The highest BCUT2D eigenvalue weighted by molar-refractivity contribution is 6.03. The molecule has 0 aliphatic carbocycles. The Labute approximate surface area is 123 Å². The van der Waals surface area contributed by atoms with Crippen molar-refractivity contribution in [2.24, 2.45) is 11.1 Å². The van der Waals surface area contributed by atoms with Gasteiger partial charge in [0.15, 0.2) is 0 Å². The van der Waals surface area contributed by atoms with Crippen LogP contribution in [0.3, 0.4) is 0 Å². The fraction of sp³-hybridized carbons (Fsp3) is 0.467. The van der Waals surface area contributed by atoms with Crippen molar-refractivity contribution in [3.63, 3.8) is 0 Å². The smallest absolute Gasteiger partial charge is 0.337 e. The molecule has 0 bridgehead atoms. The summed E-state index contributed by atoms with van der Waals surface area (Å²) in [5, 5.41) is 9.25. The second-order valence-electron chi connectivity index (χ2n) is 5.28. The Balaban J connectivity index is 2.32. The fourth-order valence-electron chi connectivity index (χ4n) is 2.68. The summed E-state index contributed by atoms with van der Waals surface area (Å²) in [5.41, 5.74) is 5.65. The zero-order valence-corrected chi connectivity index (χ0v) is 12.0. The van der Waals surface area contributed by atoms with Gasteiger partial charge in [-0.15, -0.1) is 0 Å². The van der Waals surface area contributed by atoms with Crippen molar-refractivity contribution in [1.82, 2.24) is 0 Å². The van der Waals surface area contributed by atoms with E-state index in [2.05, 4.69) is 0 Å². The van der Waals surface area contributed by atoms with Crippen LogP contribution in [0.4, 0.5) is 5.69 Å². The van der Waals surface area contributed by atoms with Gasteiger partial charge in [-0.3, -0.25) is 4.79 Å². The van der Waals surface area contributed by atoms with E-state index in [9.17, 15) is 14.7 Å². The molecule has 0 saturated carbocycles. The highest BCUT2D eigenvalue weighted by atomic mass is 16.5. The van der Waals surface area contributed by atoms with E-state index in [4.69, 9.17) is 10.5 Å². The van der Waals surface area contributed by atoms with Crippen molar-refractivity contribution in [2.45, 2.75) is 12.8 Å². The van der Waals surface area contributed by atoms with Crippen LogP contribution in [0.15, 0.2) is 24.3 Å². The lowest BCUT2D eigenvalue weighted by Crippen LogP contribution is -2.50. The number of para-hydroxylation sites is 1. The molecule has 0 atom stereocenters. The van der Waals surface area contributed by atoms with Crippen LogP contribution in [0.25, 0.3) is 0 Å². The molecule has 6 nitrogen and oxygen atoms in total. The van der Waals surface area contributed by atoms with E-state index in [-0.39, 0.29) is 18.0 Å². The summed E-state index contributed by atoms with van der Waals surface area (Å²) in [6, 6.07) is 6.47. The number of aromatic carboxylic acids is 1. The summed E-state index contributed by atoms with van der Waals surface area (Å²) >= 11 is 0. The molecule has 21 heavy (non-hydrogen) atoms. The number of benzene rings is 1. The third-order valence-electron chi connectivity index (χ3n) is 4.09. The van der Waals surface area contributed by atoms with Crippen molar-refractivity contribution >= 4 is 17.6 Å². The first-order valence-electron chi connectivity index (χ1n) is 6.90. The number of rotatable bonds is 4. The number of nitrogens with two attached hydrogens (primary N) is 1. The van der Waals surface area contributed by atoms with Gasteiger partial charge < -0.3 is 20.5 Å². The van der Waals surface area contributed by atoms with Crippen LogP contribution in [0.5, 0.6) is 0 Å². The highest BCUT2D eigenvalue weighted by Crippen LogP contribution is 2.33. The van der Waals surface area contributed by atoms with Gasteiger partial charge in [-0.25, -0.2) is 4.79 Å². The number of carbonyl (C=O) groups excluding carboxylic acids is 1. The third kappa shape index (κ3) is 2.91. The number of hydrogen-bond acceptors (Lipinski definition) is 4. The molecule has 3 N–H and O–H groups in total. The number of ether oxygens (including phenoxy) is 1. The first kappa shape index (κ1) is 15.5. The number of nitrogens with zero attached hydrogens (tertiary/aromatic N) is 1. The molecule has 2 rings (SSSR count). The molecule has 1 amide bonds. The van der Waals surface area contributed by atoms with Gasteiger partial charge in [0, 0.05) is 26.8 Å². The number of amides is 1. The molecule has 0 spiro atoms. The third-order valence-corrected chi connectivity index (χ3v) is 4.09. The minimum Gasteiger partial charge on any atom is -0.478 e. The van der Waals surface area contributed by atoms with E-state index in [0.717, 1.165) is 0 Å². The number of hydrogen-bond donors (Lipinski definition) is 2. The average Bonchev–Trinajstić information content (AvgIpc) is 2.54. The van der Waals surface area contributed by atoms with E-state index in [0.29, 0.717) is 31.7 Å². The molecule has 1 saturated heterocycles. The lowest BCUT2D eigenvalue weighted by atomic mass is 9.79. The van der Waals surface area contributed by atoms with E-state index in [1.54, 1.807) is 25.2 Å². The highest BCUT2D eigenvalue weighted by Gasteiger charge is 2.41. The van der Waals surface area contributed by atoms with E-state index < -0.39 is 11.4 Å². The molecule has 1 aliphatic rings. The molecule has 1 fully saturated rings. The van der Waals surface area contributed by atoms with Crippen LogP contribution in [0.2, 0.25) is 0 Å². The molecule has 1 aromatic rings. The van der Waals surface area contributed by atoms with Gasteiger partial charge in [-0.2, -0.15) is 0 Å². The van der Waals surface area contributed by atoms with Gasteiger partial charge in [0.05, 0.1) is 16.7 Å². The molecule has 0 aromatic heterocycles. The van der Waals surface area contributed by atoms with Crippen LogP contribution in [0, 0.1) is 5.41 Å². The van der Waals surface area contributed by atoms with Crippen LogP contribution in [-0.4, -0.2) is 43.8 Å². The largest absolute Gasteiger partial charge is 0.478 e. The normalized spacial score (nSPS) is 17.2. The zero-order chi connectivity index (χ0) is 15.5. The van der Waals surface area contributed by atoms with Crippen molar-refractivity contribution in [1.29, 1.82) is 0 Å². The summed E-state index contributed by atoms with van der Waals surface area (Å²) < 4.78 is 5.30. The van der Waals surface area contributed by atoms with Crippen molar-refractivity contribution in [3.8, 4) is 0 Å². The molecular weight excluding hydrogens is 272 g/mol. The van der Waals surface area contributed by atoms with Crippen molar-refractivity contribution in [3.05, 3.63) is 29.8 Å². The van der Waals surface area contributed by atoms with E-state index >= 15 is 0 Å². The number of carboxylic acid groups (broad SMARTS) is 1. The first-order chi connectivity index (χ1) is 10.0.